The average molecular weight is 279 g/mol. The van der Waals surface area contributed by atoms with Gasteiger partial charge in [-0.1, -0.05) is 0 Å². The van der Waals surface area contributed by atoms with E-state index >= 15 is 0 Å². The Kier molecular flexibility index (Phi) is 4.25. The molecule has 110 valence electrons. The van der Waals surface area contributed by atoms with Crippen molar-refractivity contribution in [3.63, 3.8) is 0 Å². The van der Waals surface area contributed by atoms with E-state index in [2.05, 4.69) is 10.2 Å². The van der Waals surface area contributed by atoms with Gasteiger partial charge in [-0.2, -0.15) is 0 Å². The number of hydrogen-bond acceptors (Lipinski definition) is 5. The third-order valence-corrected chi connectivity index (χ3v) is 3.72. The highest BCUT2D eigenvalue weighted by molar-refractivity contribution is 5.55. The molecule has 1 aromatic rings. The highest BCUT2D eigenvalue weighted by Crippen LogP contribution is 2.26. The zero-order valence-corrected chi connectivity index (χ0v) is 11.9. The number of β-amino-alcohol motifs (C(OH)–C–C–N with tert-alkyl or cyclic N) is 1. The Morgan fingerprint density at radius 3 is 2.90 bits per heavy atom. The molecule has 1 unspecified atom stereocenters. The van der Waals surface area contributed by atoms with E-state index < -0.39 is 5.60 Å². The monoisotopic (exact) mass is 279 g/mol. The number of non-ortho nitro benzene ring substituents is 1. The lowest BCUT2D eigenvalue weighted by molar-refractivity contribution is -0.384. The van der Waals surface area contributed by atoms with Crippen LogP contribution in [-0.2, 0) is 6.54 Å². The molecule has 2 rings (SSSR count). The Balaban J connectivity index is 2.18. The van der Waals surface area contributed by atoms with Gasteiger partial charge in [0.2, 0.25) is 0 Å². The summed E-state index contributed by atoms with van der Waals surface area (Å²) in [6, 6.07) is 4.84. The molecular weight excluding hydrogens is 258 g/mol. The fraction of sp³-hybridized carbons (Fsp3) is 0.571. The van der Waals surface area contributed by atoms with E-state index in [0.717, 1.165) is 30.6 Å². The molecular formula is C14H21N3O3. The average Bonchev–Trinajstić information content (AvgIpc) is 2.37. The number of benzene rings is 1. The minimum atomic E-state index is -0.668. The minimum Gasteiger partial charge on any atom is -0.389 e. The summed E-state index contributed by atoms with van der Waals surface area (Å²) < 4.78 is 0. The van der Waals surface area contributed by atoms with Gasteiger partial charge in [0.1, 0.15) is 0 Å². The highest BCUT2D eigenvalue weighted by Gasteiger charge is 2.28. The first-order valence-corrected chi connectivity index (χ1v) is 6.81. The van der Waals surface area contributed by atoms with Crippen molar-refractivity contribution >= 4 is 11.4 Å². The van der Waals surface area contributed by atoms with Crippen molar-refractivity contribution in [3.8, 4) is 0 Å². The molecule has 0 aromatic heterocycles. The predicted octanol–water partition coefficient (Wildman–Crippen LogP) is 1.98. The van der Waals surface area contributed by atoms with Crippen molar-refractivity contribution in [3.05, 3.63) is 33.9 Å². The molecule has 1 atom stereocenters. The van der Waals surface area contributed by atoms with Crippen molar-refractivity contribution in [2.75, 3.05) is 25.5 Å². The number of nitrogens with zero attached hydrogens (tertiary/aromatic N) is 2. The van der Waals surface area contributed by atoms with Crippen LogP contribution in [0.3, 0.4) is 0 Å². The van der Waals surface area contributed by atoms with E-state index in [1.54, 1.807) is 19.2 Å². The molecule has 0 bridgehead atoms. The SMILES string of the molecule is CNc1ccc([N+](=O)[O-])cc1CN1CCCC(C)(O)C1. The number of nitrogens with one attached hydrogen (secondary N) is 1. The number of nitro groups is 1. The molecule has 1 heterocycles. The van der Waals surface area contributed by atoms with E-state index in [-0.39, 0.29) is 10.6 Å². The maximum absolute atomic E-state index is 10.9. The molecule has 1 aromatic carbocycles. The van der Waals surface area contributed by atoms with Gasteiger partial charge in [-0.15, -0.1) is 0 Å². The van der Waals surface area contributed by atoms with Crippen LogP contribution < -0.4 is 5.32 Å². The van der Waals surface area contributed by atoms with E-state index in [0.29, 0.717) is 13.1 Å². The number of anilines is 1. The topological polar surface area (TPSA) is 78.6 Å². The fourth-order valence-electron chi connectivity index (χ4n) is 2.77. The Labute approximate surface area is 118 Å². The minimum absolute atomic E-state index is 0.0998. The maximum Gasteiger partial charge on any atom is 0.269 e. The number of rotatable bonds is 4. The van der Waals surface area contributed by atoms with Crippen molar-refractivity contribution in [2.45, 2.75) is 31.9 Å². The molecule has 0 spiro atoms. The summed E-state index contributed by atoms with van der Waals surface area (Å²) in [5.74, 6) is 0. The molecule has 1 aliphatic rings. The third-order valence-electron chi connectivity index (χ3n) is 3.72. The second-order valence-corrected chi connectivity index (χ2v) is 5.66. The largest absolute Gasteiger partial charge is 0.389 e. The first-order chi connectivity index (χ1) is 9.41. The first kappa shape index (κ1) is 14.7. The summed E-state index contributed by atoms with van der Waals surface area (Å²) in [5.41, 5.74) is 1.21. The number of nitro benzene ring substituents is 1. The van der Waals surface area contributed by atoms with Crippen LogP contribution in [0.25, 0.3) is 0 Å². The lowest BCUT2D eigenvalue weighted by Crippen LogP contribution is -2.45. The summed E-state index contributed by atoms with van der Waals surface area (Å²) >= 11 is 0. The van der Waals surface area contributed by atoms with Crippen LogP contribution in [0.1, 0.15) is 25.3 Å². The fourth-order valence-corrected chi connectivity index (χ4v) is 2.77. The van der Waals surface area contributed by atoms with Crippen LogP contribution in [-0.4, -0.2) is 40.7 Å². The van der Waals surface area contributed by atoms with Gasteiger partial charge in [-0.3, -0.25) is 15.0 Å². The molecule has 1 fully saturated rings. The van der Waals surface area contributed by atoms with Crippen LogP contribution >= 0.6 is 0 Å². The van der Waals surface area contributed by atoms with Gasteiger partial charge >= 0.3 is 0 Å². The Bertz CT molecular complexity index is 502. The second kappa shape index (κ2) is 5.76. The first-order valence-electron chi connectivity index (χ1n) is 6.81. The van der Waals surface area contributed by atoms with E-state index in [1.165, 1.54) is 6.07 Å². The summed E-state index contributed by atoms with van der Waals surface area (Å²) in [5, 5.41) is 24.1. The van der Waals surface area contributed by atoms with Gasteiger partial charge in [0.25, 0.3) is 5.69 Å². The quantitative estimate of drug-likeness (QED) is 0.651. The number of likely N-dealkylation sites (tertiary alicyclic amines) is 1. The van der Waals surface area contributed by atoms with Crippen LogP contribution in [0.2, 0.25) is 0 Å². The van der Waals surface area contributed by atoms with Crippen molar-refractivity contribution in [1.82, 2.24) is 4.90 Å². The third kappa shape index (κ3) is 3.46. The summed E-state index contributed by atoms with van der Waals surface area (Å²) in [7, 11) is 1.80. The van der Waals surface area contributed by atoms with Gasteiger partial charge in [-0.25, -0.2) is 0 Å². The molecule has 0 aliphatic carbocycles. The number of aliphatic hydroxyl groups is 1. The Morgan fingerprint density at radius 2 is 2.30 bits per heavy atom. The van der Waals surface area contributed by atoms with Crippen molar-refractivity contribution < 1.29 is 10.0 Å². The van der Waals surface area contributed by atoms with Crippen LogP contribution in [0.4, 0.5) is 11.4 Å². The summed E-state index contributed by atoms with van der Waals surface area (Å²) in [6.45, 7) is 3.94. The van der Waals surface area contributed by atoms with Crippen molar-refractivity contribution in [2.24, 2.45) is 0 Å². The molecule has 0 amide bonds. The summed E-state index contributed by atoms with van der Waals surface area (Å²) in [4.78, 5) is 12.6. The molecule has 2 N–H and O–H groups in total. The Hall–Kier alpha value is -1.66. The molecule has 1 saturated heterocycles. The molecule has 0 saturated carbocycles. The lowest BCUT2D eigenvalue weighted by atomic mass is 9.94. The van der Waals surface area contributed by atoms with E-state index in [1.807, 2.05) is 6.92 Å². The molecule has 1 aliphatic heterocycles. The van der Waals surface area contributed by atoms with Crippen LogP contribution in [0, 0.1) is 10.1 Å². The zero-order chi connectivity index (χ0) is 14.8. The van der Waals surface area contributed by atoms with Gasteiger partial charge in [0.05, 0.1) is 10.5 Å². The molecule has 6 heteroatoms. The second-order valence-electron chi connectivity index (χ2n) is 5.66. The van der Waals surface area contributed by atoms with Gasteiger partial charge in [0.15, 0.2) is 0 Å². The smallest absolute Gasteiger partial charge is 0.269 e. The molecule has 0 radical (unpaired) electrons. The van der Waals surface area contributed by atoms with Gasteiger partial charge in [-0.05, 0) is 37.9 Å². The zero-order valence-electron chi connectivity index (χ0n) is 11.9. The van der Waals surface area contributed by atoms with Crippen LogP contribution in [0.15, 0.2) is 18.2 Å². The van der Waals surface area contributed by atoms with Gasteiger partial charge < -0.3 is 10.4 Å². The van der Waals surface area contributed by atoms with Crippen LogP contribution in [0.5, 0.6) is 0 Å². The normalized spacial score (nSPS) is 23.6. The molecule has 6 nitrogen and oxygen atoms in total. The van der Waals surface area contributed by atoms with E-state index in [9.17, 15) is 15.2 Å². The standard InChI is InChI=1S/C14H21N3O3/c1-14(18)6-3-7-16(10-14)9-11-8-12(17(19)20)4-5-13(11)15-2/h4-5,8,15,18H,3,6-7,9-10H2,1-2H3. The Morgan fingerprint density at radius 1 is 1.55 bits per heavy atom. The molecule has 20 heavy (non-hydrogen) atoms. The maximum atomic E-state index is 10.9. The number of piperidine rings is 1. The predicted molar refractivity (Wildman–Crippen MR) is 77.8 cm³/mol. The number of hydrogen-bond donors (Lipinski definition) is 2. The van der Waals surface area contributed by atoms with E-state index in [4.69, 9.17) is 0 Å². The highest BCUT2D eigenvalue weighted by atomic mass is 16.6. The van der Waals surface area contributed by atoms with Crippen molar-refractivity contribution in [1.29, 1.82) is 0 Å². The van der Waals surface area contributed by atoms with Gasteiger partial charge in [0, 0.05) is 38.0 Å². The lowest BCUT2D eigenvalue weighted by Gasteiger charge is -2.37. The summed E-state index contributed by atoms with van der Waals surface area (Å²) in [6.07, 6.45) is 1.74.